The van der Waals surface area contributed by atoms with Crippen LogP contribution in [0.2, 0.25) is 0 Å². The summed E-state index contributed by atoms with van der Waals surface area (Å²) in [6.45, 7) is 2.35. The Labute approximate surface area is 216 Å². The van der Waals surface area contributed by atoms with Crippen LogP contribution in [0.5, 0.6) is 11.5 Å². The number of methoxy groups -OCH3 is 1. The zero-order chi connectivity index (χ0) is 26.2. The maximum Gasteiger partial charge on any atom is 0.344 e. The number of rotatable bonds is 11. The quantitative estimate of drug-likeness (QED) is 0.272. The minimum Gasteiger partial charge on any atom is -0.497 e. The minimum absolute atomic E-state index is 0.0463. The standard InChI is InChI=1S/C31H31NO5/c1-3-29(31(34)35)37-26-10-6-8-22(20-26)9-7-19-32-21-24(15-18-30(32)33)28-12-5-4-11-27(28)23-13-16-25(36-2)17-14-23/h4-6,8,10-18,20-21,29H,3,7,9,19H2,1-2H3,(H,34,35). The zero-order valence-corrected chi connectivity index (χ0v) is 21.1. The number of hydrogen-bond acceptors (Lipinski definition) is 4. The number of ether oxygens (including phenoxy) is 2. The van der Waals surface area contributed by atoms with E-state index in [-0.39, 0.29) is 5.56 Å². The Morgan fingerprint density at radius 3 is 2.27 bits per heavy atom. The van der Waals surface area contributed by atoms with Crippen molar-refractivity contribution in [3.8, 4) is 33.8 Å². The molecule has 0 aliphatic carbocycles. The number of aryl methyl sites for hydroxylation is 2. The molecule has 0 fully saturated rings. The Hall–Kier alpha value is -4.32. The van der Waals surface area contributed by atoms with Crippen LogP contribution in [0.3, 0.4) is 0 Å². The van der Waals surface area contributed by atoms with Gasteiger partial charge in [0.2, 0.25) is 0 Å². The van der Waals surface area contributed by atoms with Crippen LogP contribution in [0, 0.1) is 0 Å². The summed E-state index contributed by atoms with van der Waals surface area (Å²) in [5, 5.41) is 9.24. The minimum atomic E-state index is -0.972. The van der Waals surface area contributed by atoms with Crippen LogP contribution in [0.1, 0.15) is 25.3 Å². The van der Waals surface area contributed by atoms with Gasteiger partial charge in [-0.25, -0.2) is 4.79 Å². The summed E-state index contributed by atoms with van der Waals surface area (Å²) < 4.78 is 12.6. The van der Waals surface area contributed by atoms with Crippen LogP contribution in [-0.4, -0.2) is 28.9 Å². The zero-order valence-electron chi connectivity index (χ0n) is 21.1. The monoisotopic (exact) mass is 497 g/mol. The molecule has 6 heteroatoms. The van der Waals surface area contributed by atoms with Gasteiger partial charge >= 0.3 is 5.97 Å². The lowest BCUT2D eigenvalue weighted by atomic mass is 9.95. The van der Waals surface area contributed by atoms with Crippen molar-refractivity contribution in [2.24, 2.45) is 0 Å². The highest BCUT2D eigenvalue weighted by Crippen LogP contribution is 2.32. The molecule has 1 heterocycles. The number of hydrogen-bond donors (Lipinski definition) is 1. The molecule has 0 saturated carbocycles. The first-order chi connectivity index (χ1) is 18.0. The molecule has 0 spiro atoms. The molecule has 1 atom stereocenters. The molecule has 3 aromatic carbocycles. The average molecular weight is 498 g/mol. The van der Waals surface area contributed by atoms with Gasteiger partial charge in [-0.2, -0.15) is 0 Å². The summed E-state index contributed by atoms with van der Waals surface area (Å²) in [5.74, 6) is 0.376. The van der Waals surface area contributed by atoms with Crippen LogP contribution < -0.4 is 15.0 Å². The molecule has 1 N–H and O–H groups in total. The molecular weight excluding hydrogens is 466 g/mol. The fourth-order valence-corrected chi connectivity index (χ4v) is 4.32. The van der Waals surface area contributed by atoms with E-state index in [4.69, 9.17) is 9.47 Å². The lowest BCUT2D eigenvalue weighted by Crippen LogP contribution is -2.25. The summed E-state index contributed by atoms with van der Waals surface area (Å²) in [4.78, 5) is 23.9. The predicted molar refractivity (Wildman–Crippen MR) is 145 cm³/mol. The van der Waals surface area contributed by atoms with Crippen LogP contribution in [0.25, 0.3) is 22.3 Å². The van der Waals surface area contributed by atoms with Crippen LogP contribution in [0.15, 0.2) is 95.9 Å². The molecule has 0 aliphatic heterocycles. The van der Waals surface area contributed by atoms with Gasteiger partial charge in [-0.1, -0.05) is 55.5 Å². The van der Waals surface area contributed by atoms with Crippen molar-refractivity contribution < 1.29 is 19.4 Å². The highest BCUT2D eigenvalue weighted by molar-refractivity contribution is 5.83. The van der Waals surface area contributed by atoms with Gasteiger partial charge in [0.05, 0.1) is 7.11 Å². The molecule has 0 aliphatic rings. The number of pyridine rings is 1. The SMILES string of the molecule is CCC(Oc1cccc(CCCn2cc(-c3ccccc3-c3ccc(OC)cc3)ccc2=O)c1)C(=O)O. The van der Waals surface area contributed by atoms with Gasteiger partial charge < -0.3 is 19.1 Å². The van der Waals surface area contributed by atoms with E-state index < -0.39 is 12.1 Å². The van der Waals surface area contributed by atoms with Gasteiger partial charge in [-0.3, -0.25) is 4.79 Å². The Kier molecular flexibility index (Phi) is 8.41. The van der Waals surface area contributed by atoms with E-state index >= 15 is 0 Å². The number of aromatic nitrogens is 1. The van der Waals surface area contributed by atoms with E-state index in [1.807, 2.05) is 66.9 Å². The van der Waals surface area contributed by atoms with Crippen molar-refractivity contribution in [2.45, 2.75) is 38.8 Å². The van der Waals surface area contributed by atoms with E-state index in [9.17, 15) is 14.7 Å². The average Bonchev–Trinajstić information content (AvgIpc) is 2.93. The smallest absolute Gasteiger partial charge is 0.344 e. The number of aliphatic carboxylic acids is 1. The van der Waals surface area contributed by atoms with Crippen molar-refractivity contribution in [1.82, 2.24) is 4.57 Å². The van der Waals surface area contributed by atoms with Gasteiger partial charge in [0.15, 0.2) is 6.10 Å². The van der Waals surface area contributed by atoms with Crippen LogP contribution in [-0.2, 0) is 17.8 Å². The first-order valence-electron chi connectivity index (χ1n) is 12.4. The lowest BCUT2D eigenvalue weighted by molar-refractivity contribution is -0.145. The summed E-state index contributed by atoms with van der Waals surface area (Å²) in [6.07, 6.45) is 2.93. The molecule has 1 unspecified atom stereocenters. The molecule has 0 amide bonds. The van der Waals surface area contributed by atoms with Gasteiger partial charge in [0.1, 0.15) is 11.5 Å². The number of carboxylic acid groups (broad SMARTS) is 1. The summed E-state index contributed by atoms with van der Waals surface area (Å²) in [7, 11) is 1.65. The predicted octanol–water partition coefficient (Wildman–Crippen LogP) is 6.07. The third-order valence-electron chi connectivity index (χ3n) is 6.31. The van der Waals surface area contributed by atoms with Crippen molar-refractivity contribution in [3.05, 3.63) is 107 Å². The molecule has 190 valence electrons. The molecule has 0 radical (unpaired) electrons. The molecule has 4 rings (SSSR count). The Morgan fingerprint density at radius 1 is 0.892 bits per heavy atom. The Balaban J connectivity index is 1.49. The molecule has 37 heavy (non-hydrogen) atoms. The lowest BCUT2D eigenvalue weighted by Gasteiger charge is -2.14. The Morgan fingerprint density at radius 2 is 1.59 bits per heavy atom. The van der Waals surface area contributed by atoms with Gasteiger partial charge in [-0.05, 0) is 77.4 Å². The first-order valence-corrected chi connectivity index (χ1v) is 12.4. The van der Waals surface area contributed by atoms with Crippen molar-refractivity contribution in [3.63, 3.8) is 0 Å². The highest BCUT2D eigenvalue weighted by Gasteiger charge is 2.16. The van der Waals surface area contributed by atoms with E-state index in [2.05, 4.69) is 12.1 Å². The van der Waals surface area contributed by atoms with Crippen molar-refractivity contribution >= 4 is 5.97 Å². The van der Waals surface area contributed by atoms with E-state index in [1.54, 1.807) is 30.7 Å². The van der Waals surface area contributed by atoms with E-state index in [0.29, 0.717) is 18.7 Å². The third kappa shape index (κ3) is 6.47. The highest BCUT2D eigenvalue weighted by atomic mass is 16.5. The number of nitrogens with zero attached hydrogens (tertiary/aromatic N) is 1. The molecule has 6 nitrogen and oxygen atoms in total. The summed E-state index contributed by atoms with van der Waals surface area (Å²) >= 11 is 0. The fraction of sp³-hybridized carbons (Fsp3) is 0.226. The van der Waals surface area contributed by atoms with E-state index in [0.717, 1.165) is 46.4 Å². The maximum absolute atomic E-state index is 12.6. The molecule has 1 aromatic heterocycles. The maximum atomic E-state index is 12.6. The largest absolute Gasteiger partial charge is 0.497 e. The number of carboxylic acids is 1. The topological polar surface area (TPSA) is 77.8 Å². The molecule has 0 bridgehead atoms. The van der Waals surface area contributed by atoms with Crippen LogP contribution in [0.4, 0.5) is 0 Å². The number of carbonyl (C=O) groups is 1. The third-order valence-corrected chi connectivity index (χ3v) is 6.31. The van der Waals surface area contributed by atoms with Gasteiger partial charge in [-0.15, -0.1) is 0 Å². The molecule has 0 saturated heterocycles. The van der Waals surface area contributed by atoms with Gasteiger partial charge in [0.25, 0.3) is 5.56 Å². The second kappa shape index (κ2) is 12.1. The summed E-state index contributed by atoms with van der Waals surface area (Å²) in [6, 6.07) is 27.1. The van der Waals surface area contributed by atoms with Crippen molar-refractivity contribution in [1.29, 1.82) is 0 Å². The second-order valence-corrected chi connectivity index (χ2v) is 8.83. The van der Waals surface area contributed by atoms with Gasteiger partial charge in [0, 0.05) is 18.8 Å². The fourth-order valence-electron chi connectivity index (χ4n) is 4.32. The normalized spacial score (nSPS) is 11.6. The number of benzene rings is 3. The molecular formula is C31H31NO5. The first kappa shape index (κ1) is 25.8. The second-order valence-electron chi connectivity index (χ2n) is 8.83. The summed E-state index contributed by atoms with van der Waals surface area (Å²) in [5.41, 5.74) is 5.17. The Bertz CT molecular complexity index is 1410. The van der Waals surface area contributed by atoms with Crippen LogP contribution >= 0.6 is 0 Å². The van der Waals surface area contributed by atoms with E-state index in [1.165, 1.54) is 0 Å². The molecule has 4 aromatic rings. The van der Waals surface area contributed by atoms with Crippen molar-refractivity contribution in [2.75, 3.05) is 7.11 Å².